The zero-order valence-corrected chi connectivity index (χ0v) is 4.64. The van der Waals surface area contributed by atoms with E-state index in [1.54, 1.807) is 0 Å². The number of nitrogens with zero attached hydrogens (tertiary/aromatic N) is 1. The topological polar surface area (TPSA) is 29.4 Å². The van der Waals surface area contributed by atoms with Crippen LogP contribution in [-0.4, -0.2) is 18.5 Å². The third kappa shape index (κ3) is 5.34. The molecule has 0 aromatic heterocycles. The minimum Gasteiger partial charge on any atom is -0.293 e. The molecule has 0 atom stereocenters. The Morgan fingerprint density at radius 1 is 1.86 bits per heavy atom. The van der Waals surface area contributed by atoms with Crippen molar-refractivity contribution < 1.29 is 4.79 Å². The Balaban J connectivity index is 3.26. The summed E-state index contributed by atoms with van der Waals surface area (Å²) in [5, 5.41) is 0. The molecule has 0 rings (SSSR count). The highest BCUT2D eigenvalue weighted by Crippen LogP contribution is 1.63. The molecule has 0 aliphatic heterocycles. The first-order chi connectivity index (χ1) is 3.27. The number of ketones is 1. The SMILES string of the molecule is CC/N=C/C(C)=O. The zero-order valence-electron chi connectivity index (χ0n) is 4.64. The summed E-state index contributed by atoms with van der Waals surface area (Å²) >= 11 is 0. The number of hydrogen-bond acceptors (Lipinski definition) is 2. The first-order valence-electron chi connectivity index (χ1n) is 2.27. The van der Waals surface area contributed by atoms with Gasteiger partial charge in [-0.3, -0.25) is 9.79 Å². The van der Waals surface area contributed by atoms with Gasteiger partial charge in [0, 0.05) is 13.5 Å². The van der Waals surface area contributed by atoms with E-state index >= 15 is 0 Å². The van der Waals surface area contributed by atoms with Crippen molar-refractivity contribution in [3.8, 4) is 0 Å². The Morgan fingerprint density at radius 2 is 2.43 bits per heavy atom. The van der Waals surface area contributed by atoms with Crippen LogP contribution in [0.5, 0.6) is 0 Å². The van der Waals surface area contributed by atoms with Crippen LogP contribution in [-0.2, 0) is 4.79 Å². The summed E-state index contributed by atoms with van der Waals surface area (Å²) in [4.78, 5) is 13.8. The van der Waals surface area contributed by atoms with Gasteiger partial charge in [-0.05, 0) is 6.92 Å². The van der Waals surface area contributed by atoms with Gasteiger partial charge in [0.15, 0.2) is 5.78 Å². The van der Waals surface area contributed by atoms with Crippen molar-refractivity contribution in [2.75, 3.05) is 6.54 Å². The summed E-state index contributed by atoms with van der Waals surface area (Å²) in [6, 6.07) is 0. The Kier molecular flexibility index (Phi) is 3.19. The monoisotopic (exact) mass is 99.1 g/mol. The Labute approximate surface area is 43.3 Å². The highest BCUT2D eigenvalue weighted by molar-refractivity contribution is 6.26. The Hall–Kier alpha value is -0.660. The molecule has 0 heterocycles. The standard InChI is InChI=1S/C5H9NO/c1-3-6-4-5(2)7/h4H,3H2,1-2H3/b6-4+. The van der Waals surface area contributed by atoms with Crippen LogP contribution in [0, 0.1) is 0 Å². The van der Waals surface area contributed by atoms with Gasteiger partial charge in [0.1, 0.15) is 0 Å². The van der Waals surface area contributed by atoms with Crippen molar-refractivity contribution in [2.24, 2.45) is 4.99 Å². The molecule has 0 saturated carbocycles. The summed E-state index contributed by atoms with van der Waals surface area (Å²) in [5.41, 5.74) is 0. The fourth-order valence-electron chi connectivity index (χ4n) is 0.220. The molecular weight excluding hydrogens is 90.1 g/mol. The molecule has 0 amide bonds. The summed E-state index contributed by atoms with van der Waals surface area (Å²) in [7, 11) is 0. The molecule has 40 valence electrons. The second kappa shape index (κ2) is 3.53. The average Bonchev–Trinajstić information content (AvgIpc) is 1.61. The van der Waals surface area contributed by atoms with Crippen LogP contribution in [0.2, 0.25) is 0 Å². The Morgan fingerprint density at radius 3 is 2.57 bits per heavy atom. The van der Waals surface area contributed by atoms with E-state index in [9.17, 15) is 4.79 Å². The molecule has 0 fully saturated rings. The number of rotatable bonds is 2. The van der Waals surface area contributed by atoms with Crippen molar-refractivity contribution in [2.45, 2.75) is 13.8 Å². The van der Waals surface area contributed by atoms with E-state index in [0.29, 0.717) is 6.54 Å². The minimum absolute atomic E-state index is 0.0156. The van der Waals surface area contributed by atoms with Crippen LogP contribution < -0.4 is 0 Å². The number of carbonyl (C=O) groups is 1. The van der Waals surface area contributed by atoms with Crippen LogP contribution >= 0.6 is 0 Å². The van der Waals surface area contributed by atoms with Crippen molar-refractivity contribution >= 4 is 12.0 Å². The first kappa shape index (κ1) is 6.34. The van der Waals surface area contributed by atoms with Crippen LogP contribution in [0.15, 0.2) is 4.99 Å². The molecule has 0 unspecified atom stereocenters. The molecule has 0 spiro atoms. The van der Waals surface area contributed by atoms with E-state index in [1.807, 2.05) is 6.92 Å². The van der Waals surface area contributed by atoms with E-state index in [2.05, 4.69) is 4.99 Å². The van der Waals surface area contributed by atoms with Crippen LogP contribution in [0.25, 0.3) is 0 Å². The lowest BCUT2D eigenvalue weighted by atomic mass is 10.5. The molecule has 0 aromatic carbocycles. The van der Waals surface area contributed by atoms with Crippen molar-refractivity contribution in [1.29, 1.82) is 0 Å². The van der Waals surface area contributed by atoms with Gasteiger partial charge in [0.25, 0.3) is 0 Å². The fourth-order valence-corrected chi connectivity index (χ4v) is 0.220. The lowest BCUT2D eigenvalue weighted by molar-refractivity contribution is -0.110. The van der Waals surface area contributed by atoms with E-state index in [-0.39, 0.29) is 5.78 Å². The smallest absolute Gasteiger partial charge is 0.170 e. The third-order valence-corrected chi connectivity index (χ3v) is 0.456. The minimum atomic E-state index is 0.0156. The maximum absolute atomic E-state index is 10.1. The molecule has 0 aliphatic rings. The number of aliphatic imine (C=N–C) groups is 1. The van der Waals surface area contributed by atoms with E-state index in [4.69, 9.17) is 0 Å². The highest BCUT2D eigenvalue weighted by atomic mass is 16.1. The molecule has 0 N–H and O–H groups in total. The van der Waals surface area contributed by atoms with E-state index in [0.717, 1.165) is 0 Å². The summed E-state index contributed by atoms with van der Waals surface area (Å²) in [5.74, 6) is 0.0156. The molecule has 0 aromatic rings. The molecule has 0 bridgehead atoms. The van der Waals surface area contributed by atoms with Crippen molar-refractivity contribution in [3.05, 3.63) is 0 Å². The quantitative estimate of drug-likeness (QED) is 0.468. The van der Waals surface area contributed by atoms with Gasteiger partial charge in [-0.2, -0.15) is 0 Å². The van der Waals surface area contributed by atoms with Gasteiger partial charge in [-0.15, -0.1) is 0 Å². The number of hydrogen-bond donors (Lipinski definition) is 0. The van der Waals surface area contributed by atoms with Gasteiger partial charge in [0.05, 0.1) is 6.21 Å². The predicted octanol–water partition coefficient (Wildman–Crippen LogP) is 0.666. The molecule has 7 heavy (non-hydrogen) atoms. The first-order valence-corrected chi connectivity index (χ1v) is 2.27. The molecule has 2 nitrogen and oxygen atoms in total. The summed E-state index contributed by atoms with van der Waals surface area (Å²) < 4.78 is 0. The normalized spacial score (nSPS) is 10.0. The summed E-state index contributed by atoms with van der Waals surface area (Å²) in [6.45, 7) is 4.07. The predicted molar refractivity (Wildman–Crippen MR) is 29.7 cm³/mol. The zero-order chi connectivity index (χ0) is 5.70. The molecule has 2 heteroatoms. The fraction of sp³-hybridized carbons (Fsp3) is 0.600. The van der Waals surface area contributed by atoms with Crippen LogP contribution in [0.1, 0.15) is 13.8 Å². The largest absolute Gasteiger partial charge is 0.293 e. The Bertz CT molecular complexity index is 86.1. The maximum atomic E-state index is 10.1. The lowest BCUT2D eigenvalue weighted by Gasteiger charge is -1.74. The van der Waals surface area contributed by atoms with E-state index in [1.165, 1.54) is 13.1 Å². The van der Waals surface area contributed by atoms with Gasteiger partial charge < -0.3 is 0 Å². The molecular formula is C5H9NO. The van der Waals surface area contributed by atoms with Crippen molar-refractivity contribution in [3.63, 3.8) is 0 Å². The second-order valence-electron chi connectivity index (χ2n) is 1.24. The van der Waals surface area contributed by atoms with Crippen LogP contribution in [0.3, 0.4) is 0 Å². The van der Waals surface area contributed by atoms with Crippen molar-refractivity contribution in [1.82, 2.24) is 0 Å². The number of carbonyl (C=O) groups excluding carboxylic acids is 1. The second-order valence-corrected chi connectivity index (χ2v) is 1.24. The summed E-state index contributed by atoms with van der Waals surface area (Å²) in [6.07, 6.45) is 1.33. The van der Waals surface area contributed by atoms with Gasteiger partial charge in [-0.25, -0.2) is 0 Å². The average molecular weight is 99.1 g/mol. The number of Topliss-reactive ketones (excluding diaryl/α,β-unsaturated/α-hetero) is 1. The highest BCUT2D eigenvalue weighted by Gasteiger charge is 1.76. The molecule has 0 saturated heterocycles. The van der Waals surface area contributed by atoms with Gasteiger partial charge in [0.2, 0.25) is 0 Å². The molecule has 0 aliphatic carbocycles. The van der Waals surface area contributed by atoms with E-state index < -0.39 is 0 Å². The maximum Gasteiger partial charge on any atom is 0.170 e. The van der Waals surface area contributed by atoms with Gasteiger partial charge in [-0.1, -0.05) is 0 Å². The van der Waals surface area contributed by atoms with Gasteiger partial charge >= 0.3 is 0 Å². The van der Waals surface area contributed by atoms with Crippen LogP contribution in [0.4, 0.5) is 0 Å². The molecule has 0 radical (unpaired) electrons. The lowest BCUT2D eigenvalue weighted by Crippen LogP contribution is -1.89. The third-order valence-electron chi connectivity index (χ3n) is 0.456.